The second-order valence-corrected chi connectivity index (χ2v) is 4.12. The highest BCUT2D eigenvalue weighted by atomic mass is 16.6. The van der Waals surface area contributed by atoms with Crippen molar-refractivity contribution in [1.29, 1.82) is 0 Å². The summed E-state index contributed by atoms with van der Waals surface area (Å²) in [5, 5.41) is 39.2. The number of nitro groups is 1. The summed E-state index contributed by atoms with van der Waals surface area (Å²) in [7, 11) is 0. The van der Waals surface area contributed by atoms with Crippen LogP contribution in [0.2, 0.25) is 0 Å². The molecule has 0 aliphatic rings. The van der Waals surface area contributed by atoms with Gasteiger partial charge in [-0.05, 0) is 6.42 Å². The van der Waals surface area contributed by atoms with Gasteiger partial charge in [0, 0.05) is 12.5 Å². The van der Waals surface area contributed by atoms with Crippen molar-refractivity contribution in [3.63, 3.8) is 0 Å². The van der Waals surface area contributed by atoms with Crippen LogP contribution in [0.4, 0.5) is 5.69 Å². The Bertz CT molecular complexity index is 511. The molecule has 0 fully saturated rings. The van der Waals surface area contributed by atoms with Crippen molar-refractivity contribution >= 4 is 11.5 Å². The largest absolute Gasteiger partial charge is 0.507 e. The zero-order chi connectivity index (χ0) is 14.6. The number of Topliss-reactive ketones (excluding diaryl/α,β-unsaturated/α-hetero) is 1. The molecule has 104 valence electrons. The van der Waals surface area contributed by atoms with Gasteiger partial charge in [0.25, 0.3) is 0 Å². The van der Waals surface area contributed by atoms with E-state index < -0.39 is 39.2 Å². The second kappa shape index (κ2) is 6.03. The van der Waals surface area contributed by atoms with E-state index in [1.165, 1.54) is 0 Å². The maximum Gasteiger partial charge on any atom is 0.352 e. The predicted octanol–water partition coefficient (Wildman–Crippen LogP) is 2.47. The van der Waals surface area contributed by atoms with Gasteiger partial charge in [0.2, 0.25) is 11.5 Å². The van der Waals surface area contributed by atoms with E-state index in [9.17, 15) is 30.2 Å². The first kappa shape index (κ1) is 14.7. The van der Waals surface area contributed by atoms with E-state index in [2.05, 4.69) is 0 Å². The average molecular weight is 269 g/mol. The number of unbranched alkanes of at least 4 members (excludes halogenated alkanes) is 2. The number of hydrogen-bond acceptors (Lipinski definition) is 6. The summed E-state index contributed by atoms with van der Waals surface area (Å²) in [5.41, 5.74) is -1.49. The Morgan fingerprint density at radius 2 is 1.89 bits per heavy atom. The normalized spacial score (nSPS) is 10.4. The highest BCUT2D eigenvalue weighted by molar-refractivity contribution is 6.02. The smallest absolute Gasteiger partial charge is 0.352 e. The van der Waals surface area contributed by atoms with Crippen LogP contribution in [0, 0.1) is 10.1 Å². The summed E-state index contributed by atoms with van der Waals surface area (Å²) < 4.78 is 0. The Morgan fingerprint density at radius 3 is 2.42 bits per heavy atom. The molecule has 19 heavy (non-hydrogen) atoms. The standard InChI is InChI=1S/C12H15NO6/c1-2-3-4-5-7(14)10-8(15)6-9(16)11(12(10)17)13(18)19/h6,15-17H,2-5H2,1H3. The maximum absolute atomic E-state index is 11.8. The minimum absolute atomic E-state index is 0.0664. The summed E-state index contributed by atoms with van der Waals surface area (Å²) in [6.45, 7) is 1.95. The Labute approximate surface area is 109 Å². The van der Waals surface area contributed by atoms with E-state index in [0.717, 1.165) is 12.8 Å². The van der Waals surface area contributed by atoms with Crippen LogP contribution in [0.15, 0.2) is 6.07 Å². The van der Waals surface area contributed by atoms with Crippen molar-refractivity contribution in [2.45, 2.75) is 32.6 Å². The zero-order valence-corrected chi connectivity index (χ0v) is 10.4. The van der Waals surface area contributed by atoms with E-state index in [0.29, 0.717) is 12.5 Å². The molecule has 0 aliphatic heterocycles. The number of benzene rings is 1. The molecule has 7 heteroatoms. The first-order chi connectivity index (χ1) is 8.90. The van der Waals surface area contributed by atoms with Crippen molar-refractivity contribution in [3.8, 4) is 17.2 Å². The molecule has 0 aromatic heterocycles. The van der Waals surface area contributed by atoms with Gasteiger partial charge in [-0.2, -0.15) is 0 Å². The molecule has 0 spiro atoms. The van der Waals surface area contributed by atoms with Gasteiger partial charge in [0.1, 0.15) is 11.3 Å². The van der Waals surface area contributed by atoms with Crippen LogP contribution in [-0.4, -0.2) is 26.0 Å². The third kappa shape index (κ3) is 3.12. The number of phenols is 3. The van der Waals surface area contributed by atoms with Crippen LogP contribution in [0.5, 0.6) is 17.2 Å². The second-order valence-electron chi connectivity index (χ2n) is 4.12. The molecule has 0 aliphatic carbocycles. The molecule has 1 rings (SSSR count). The SMILES string of the molecule is CCCCCC(=O)c1c(O)cc(O)c([N+](=O)[O-])c1O. The van der Waals surface area contributed by atoms with Gasteiger partial charge in [-0.3, -0.25) is 14.9 Å². The third-order valence-corrected chi connectivity index (χ3v) is 2.70. The predicted molar refractivity (Wildman–Crippen MR) is 66.6 cm³/mol. The average Bonchev–Trinajstić information content (AvgIpc) is 2.27. The number of nitrogens with zero attached hydrogens (tertiary/aromatic N) is 1. The van der Waals surface area contributed by atoms with E-state index in [-0.39, 0.29) is 6.42 Å². The van der Waals surface area contributed by atoms with Gasteiger partial charge in [0.05, 0.1) is 4.92 Å². The van der Waals surface area contributed by atoms with Gasteiger partial charge in [-0.1, -0.05) is 19.8 Å². The van der Waals surface area contributed by atoms with Crippen molar-refractivity contribution < 1.29 is 25.0 Å². The molecule has 0 amide bonds. The molecule has 1 aromatic rings. The maximum atomic E-state index is 11.8. The van der Waals surface area contributed by atoms with Crippen LogP contribution in [0.3, 0.4) is 0 Å². The molecule has 0 radical (unpaired) electrons. The lowest BCUT2D eigenvalue weighted by Crippen LogP contribution is -2.02. The zero-order valence-electron chi connectivity index (χ0n) is 10.4. The Hall–Kier alpha value is -2.31. The van der Waals surface area contributed by atoms with Crippen LogP contribution in [-0.2, 0) is 0 Å². The number of hydrogen-bond donors (Lipinski definition) is 3. The molecule has 0 bridgehead atoms. The Morgan fingerprint density at radius 1 is 1.26 bits per heavy atom. The van der Waals surface area contributed by atoms with Gasteiger partial charge in [0.15, 0.2) is 5.78 Å². The van der Waals surface area contributed by atoms with Gasteiger partial charge < -0.3 is 15.3 Å². The number of ketones is 1. The molecule has 1 aromatic carbocycles. The van der Waals surface area contributed by atoms with Crippen LogP contribution < -0.4 is 0 Å². The van der Waals surface area contributed by atoms with Gasteiger partial charge in [-0.25, -0.2) is 0 Å². The summed E-state index contributed by atoms with van der Waals surface area (Å²) in [6.07, 6.45) is 2.31. The molecule has 7 nitrogen and oxygen atoms in total. The topological polar surface area (TPSA) is 121 Å². The quantitative estimate of drug-likeness (QED) is 0.315. The van der Waals surface area contributed by atoms with E-state index in [1.807, 2.05) is 6.92 Å². The fourth-order valence-corrected chi connectivity index (χ4v) is 1.75. The lowest BCUT2D eigenvalue weighted by Gasteiger charge is -2.08. The van der Waals surface area contributed by atoms with Crippen LogP contribution in [0.25, 0.3) is 0 Å². The molecular formula is C12H15NO6. The number of aromatic hydroxyl groups is 3. The van der Waals surface area contributed by atoms with E-state index >= 15 is 0 Å². The Balaban J connectivity index is 3.17. The summed E-state index contributed by atoms with van der Waals surface area (Å²) in [6, 6.07) is 0.685. The minimum atomic E-state index is -1.01. The van der Waals surface area contributed by atoms with Crippen molar-refractivity contribution in [3.05, 3.63) is 21.7 Å². The summed E-state index contributed by atoms with van der Waals surface area (Å²) >= 11 is 0. The first-order valence-corrected chi connectivity index (χ1v) is 5.85. The molecule has 0 saturated carbocycles. The highest BCUT2D eigenvalue weighted by Crippen LogP contribution is 2.43. The molecule has 0 atom stereocenters. The number of carbonyl (C=O) groups excluding carboxylic acids is 1. The fourth-order valence-electron chi connectivity index (χ4n) is 1.75. The minimum Gasteiger partial charge on any atom is -0.507 e. The molecule has 3 N–H and O–H groups in total. The third-order valence-electron chi connectivity index (χ3n) is 2.70. The fraction of sp³-hybridized carbons (Fsp3) is 0.417. The van der Waals surface area contributed by atoms with Crippen molar-refractivity contribution in [2.75, 3.05) is 0 Å². The molecular weight excluding hydrogens is 254 g/mol. The highest BCUT2D eigenvalue weighted by Gasteiger charge is 2.29. The van der Waals surface area contributed by atoms with E-state index in [1.54, 1.807) is 0 Å². The van der Waals surface area contributed by atoms with Gasteiger partial charge >= 0.3 is 5.69 Å². The first-order valence-electron chi connectivity index (χ1n) is 5.85. The number of carbonyl (C=O) groups is 1. The van der Waals surface area contributed by atoms with Crippen LogP contribution in [0.1, 0.15) is 43.0 Å². The lowest BCUT2D eigenvalue weighted by atomic mass is 10.0. The van der Waals surface area contributed by atoms with Crippen molar-refractivity contribution in [1.82, 2.24) is 0 Å². The van der Waals surface area contributed by atoms with E-state index in [4.69, 9.17) is 0 Å². The molecule has 0 saturated heterocycles. The number of nitro benzene ring substituents is 1. The monoisotopic (exact) mass is 269 g/mol. The number of phenolic OH excluding ortho intramolecular Hbond substituents is 3. The van der Waals surface area contributed by atoms with Crippen molar-refractivity contribution in [2.24, 2.45) is 0 Å². The summed E-state index contributed by atoms with van der Waals surface area (Å²) in [4.78, 5) is 21.5. The summed E-state index contributed by atoms with van der Waals surface area (Å²) in [5.74, 6) is -3.14. The van der Waals surface area contributed by atoms with Gasteiger partial charge in [-0.15, -0.1) is 0 Å². The Kier molecular flexibility index (Phi) is 4.68. The molecule has 0 unspecified atom stereocenters. The lowest BCUT2D eigenvalue weighted by molar-refractivity contribution is -0.386. The molecule has 0 heterocycles. The number of rotatable bonds is 6. The van der Waals surface area contributed by atoms with Crippen LogP contribution >= 0.6 is 0 Å².